The molecule has 1 saturated carbocycles. The van der Waals surface area contributed by atoms with Gasteiger partial charge >= 0.3 is 0 Å². The van der Waals surface area contributed by atoms with E-state index in [1.807, 2.05) is 12.1 Å². The molecule has 0 radical (unpaired) electrons. The van der Waals surface area contributed by atoms with Crippen molar-refractivity contribution in [2.24, 2.45) is 0 Å². The first-order valence-electron chi connectivity index (χ1n) is 4.59. The van der Waals surface area contributed by atoms with Crippen molar-refractivity contribution in [2.75, 3.05) is 0 Å². The first kappa shape index (κ1) is 7.87. The van der Waals surface area contributed by atoms with Crippen LogP contribution in [0.4, 0.5) is 0 Å². The highest BCUT2D eigenvalue weighted by atomic mass is 16.5. The topological polar surface area (TPSA) is 22.4 Å². The van der Waals surface area contributed by atoms with Crippen molar-refractivity contribution in [3.63, 3.8) is 0 Å². The molecule has 1 aromatic rings. The van der Waals surface area contributed by atoms with E-state index in [2.05, 4.69) is 0 Å². The standard InChI is InChI=1S/C10H14O2/c1-2-5-9(4-1)12-8-10-6-3-7-11-10/h3,6-7,9H,1-2,4-5,8H2. The Hall–Kier alpha value is -0.760. The Morgan fingerprint density at radius 3 is 2.92 bits per heavy atom. The van der Waals surface area contributed by atoms with Crippen molar-refractivity contribution in [2.45, 2.75) is 38.4 Å². The fourth-order valence-corrected chi connectivity index (χ4v) is 1.65. The molecule has 1 heterocycles. The second kappa shape index (κ2) is 3.76. The Morgan fingerprint density at radius 2 is 2.25 bits per heavy atom. The minimum absolute atomic E-state index is 0.482. The summed E-state index contributed by atoms with van der Waals surface area (Å²) in [4.78, 5) is 0. The summed E-state index contributed by atoms with van der Waals surface area (Å²) in [6, 6.07) is 3.85. The molecule has 1 aliphatic carbocycles. The molecule has 0 saturated heterocycles. The fourth-order valence-electron chi connectivity index (χ4n) is 1.65. The number of furan rings is 1. The number of rotatable bonds is 3. The predicted octanol–water partition coefficient (Wildman–Crippen LogP) is 2.74. The molecule has 0 spiro atoms. The van der Waals surface area contributed by atoms with Crippen LogP contribution in [0.1, 0.15) is 31.4 Å². The van der Waals surface area contributed by atoms with E-state index in [0.717, 1.165) is 5.76 Å². The molecule has 0 aliphatic heterocycles. The van der Waals surface area contributed by atoms with Crippen molar-refractivity contribution in [1.82, 2.24) is 0 Å². The van der Waals surface area contributed by atoms with Gasteiger partial charge in [0.25, 0.3) is 0 Å². The smallest absolute Gasteiger partial charge is 0.129 e. The third-order valence-electron chi connectivity index (χ3n) is 2.34. The van der Waals surface area contributed by atoms with E-state index in [1.54, 1.807) is 6.26 Å². The second-order valence-corrected chi connectivity index (χ2v) is 3.30. The van der Waals surface area contributed by atoms with E-state index in [-0.39, 0.29) is 0 Å². The highest BCUT2D eigenvalue weighted by Crippen LogP contribution is 2.21. The maximum Gasteiger partial charge on any atom is 0.129 e. The number of ether oxygens (including phenoxy) is 1. The lowest BCUT2D eigenvalue weighted by atomic mass is 10.3. The maximum atomic E-state index is 5.65. The maximum absolute atomic E-state index is 5.65. The van der Waals surface area contributed by atoms with Crippen molar-refractivity contribution < 1.29 is 9.15 Å². The number of hydrogen-bond donors (Lipinski definition) is 0. The molecule has 0 aromatic carbocycles. The SMILES string of the molecule is c1coc(COC2CCCC2)c1. The van der Waals surface area contributed by atoms with E-state index < -0.39 is 0 Å². The highest BCUT2D eigenvalue weighted by molar-refractivity contribution is 4.96. The van der Waals surface area contributed by atoms with E-state index in [4.69, 9.17) is 9.15 Å². The zero-order valence-electron chi connectivity index (χ0n) is 7.16. The fraction of sp³-hybridized carbons (Fsp3) is 0.600. The minimum atomic E-state index is 0.482. The Labute approximate surface area is 72.5 Å². The summed E-state index contributed by atoms with van der Waals surface area (Å²) >= 11 is 0. The summed E-state index contributed by atoms with van der Waals surface area (Å²) in [5, 5.41) is 0. The zero-order chi connectivity index (χ0) is 8.23. The lowest BCUT2D eigenvalue weighted by Crippen LogP contribution is -2.06. The average molecular weight is 166 g/mol. The van der Waals surface area contributed by atoms with Gasteiger partial charge in [-0.25, -0.2) is 0 Å². The lowest BCUT2D eigenvalue weighted by molar-refractivity contribution is 0.0357. The Kier molecular flexibility index (Phi) is 2.47. The summed E-state index contributed by atoms with van der Waals surface area (Å²) < 4.78 is 10.8. The van der Waals surface area contributed by atoms with Crippen molar-refractivity contribution in [3.05, 3.63) is 24.2 Å². The molecule has 1 aromatic heterocycles. The van der Waals surface area contributed by atoms with Crippen LogP contribution in [0.25, 0.3) is 0 Å². The van der Waals surface area contributed by atoms with E-state index in [9.17, 15) is 0 Å². The molecule has 0 atom stereocenters. The molecule has 0 amide bonds. The highest BCUT2D eigenvalue weighted by Gasteiger charge is 2.15. The average Bonchev–Trinajstić information content (AvgIpc) is 2.74. The van der Waals surface area contributed by atoms with Crippen LogP contribution in [0.5, 0.6) is 0 Å². The van der Waals surface area contributed by atoms with Crippen LogP contribution in [0.2, 0.25) is 0 Å². The molecule has 12 heavy (non-hydrogen) atoms. The van der Waals surface area contributed by atoms with Gasteiger partial charge in [0.2, 0.25) is 0 Å². The van der Waals surface area contributed by atoms with Gasteiger partial charge < -0.3 is 9.15 Å². The van der Waals surface area contributed by atoms with Crippen LogP contribution in [0, 0.1) is 0 Å². The van der Waals surface area contributed by atoms with Gasteiger partial charge in [-0.1, -0.05) is 12.8 Å². The molecule has 2 nitrogen and oxygen atoms in total. The normalized spacial score (nSPS) is 18.7. The van der Waals surface area contributed by atoms with Gasteiger partial charge in [0, 0.05) is 0 Å². The van der Waals surface area contributed by atoms with E-state index in [0.29, 0.717) is 12.7 Å². The van der Waals surface area contributed by atoms with E-state index in [1.165, 1.54) is 25.7 Å². The molecule has 0 unspecified atom stereocenters. The predicted molar refractivity (Wildman–Crippen MR) is 45.8 cm³/mol. The summed E-state index contributed by atoms with van der Waals surface area (Å²) in [7, 11) is 0. The van der Waals surface area contributed by atoms with Gasteiger partial charge in [0.05, 0.1) is 12.4 Å². The molecule has 1 fully saturated rings. The monoisotopic (exact) mass is 166 g/mol. The molecule has 66 valence electrons. The van der Waals surface area contributed by atoms with Crippen LogP contribution < -0.4 is 0 Å². The lowest BCUT2D eigenvalue weighted by Gasteiger charge is -2.08. The van der Waals surface area contributed by atoms with Gasteiger partial charge in [0.15, 0.2) is 0 Å². The summed E-state index contributed by atoms with van der Waals surface area (Å²) in [6.07, 6.45) is 7.26. The van der Waals surface area contributed by atoms with Gasteiger partial charge in [-0.15, -0.1) is 0 Å². The van der Waals surface area contributed by atoms with Crippen molar-refractivity contribution in [3.8, 4) is 0 Å². The Bertz CT molecular complexity index is 210. The molecular weight excluding hydrogens is 152 g/mol. The van der Waals surface area contributed by atoms with Crippen molar-refractivity contribution >= 4 is 0 Å². The first-order valence-corrected chi connectivity index (χ1v) is 4.59. The third-order valence-corrected chi connectivity index (χ3v) is 2.34. The number of hydrogen-bond acceptors (Lipinski definition) is 2. The van der Waals surface area contributed by atoms with E-state index >= 15 is 0 Å². The van der Waals surface area contributed by atoms with Gasteiger partial charge in [-0.2, -0.15) is 0 Å². The molecule has 0 bridgehead atoms. The zero-order valence-corrected chi connectivity index (χ0v) is 7.16. The third kappa shape index (κ3) is 1.89. The molecular formula is C10H14O2. The largest absolute Gasteiger partial charge is 0.467 e. The van der Waals surface area contributed by atoms with Gasteiger partial charge in [-0.3, -0.25) is 0 Å². The van der Waals surface area contributed by atoms with Crippen LogP contribution in [0.3, 0.4) is 0 Å². The van der Waals surface area contributed by atoms with Crippen LogP contribution in [-0.4, -0.2) is 6.10 Å². The Morgan fingerprint density at radius 1 is 1.42 bits per heavy atom. The molecule has 2 heteroatoms. The first-order chi connectivity index (χ1) is 5.95. The van der Waals surface area contributed by atoms with Crippen LogP contribution >= 0.6 is 0 Å². The van der Waals surface area contributed by atoms with Crippen LogP contribution in [-0.2, 0) is 11.3 Å². The van der Waals surface area contributed by atoms with Gasteiger partial charge in [0.1, 0.15) is 12.4 Å². The summed E-state index contributed by atoms with van der Waals surface area (Å²) in [5.74, 6) is 0.932. The summed E-state index contributed by atoms with van der Waals surface area (Å²) in [6.45, 7) is 0.637. The molecule has 0 N–H and O–H groups in total. The Balaban J connectivity index is 1.74. The second-order valence-electron chi connectivity index (χ2n) is 3.30. The van der Waals surface area contributed by atoms with Crippen LogP contribution in [0.15, 0.2) is 22.8 Å². The summed E-state index contributed by atoms with van der Waals surface area (Å²) in [5.41, 5.74) is 0. The van der Waals surface area contributed by atoms with Crippen molar-refractivity contribution in [1.29, 1.82) is 0 Å². The molecule has 1 aliphatic rings. The van der Waals surface area contributed by atoms with Gasteiger partial charge in [-0.05, 0) is 25.0 Å². The minimum Gasteiger partial charge on any atom is -0.467 e. The molecule has 2 rings (SSSR count). The quantitative estimate of drug-likeness (QED) is 0.688.